The number of carboxylic acids is 1. The van der Waals surface area contributed by atoms with Crippen LogP contribution >= 0.6 is 39.1 Å². The molecule has 4 nitrogen and oxygen atoms in total. The molecule has 0 unspecified atom stereocenters. The van der Waals surface area contributed by atoms with Crippen LogP contribution < -0.4 is 0 Å². The monoisotopic (exact) mass is 385 g/mol. The summed E-state index contributed by atoms with van der Waals surface area (Å²) in [4.78, 5) is 15.9. The van der Waals surface area contributed by atoms with Gasteiger partial charge in [-0.05, 0) is 46.3 Å². The Hall–Kier alpha value is -1.56. The molecule has 1 N–H and O–H groups in total. The van der Waals surface area contributed by atoms with Crippen LogP contribution in [0.25, 0.3) is 22.4 Å². The summed E-state index contributed by atoms with van der Waals surface area (Å²) in [5, 5.41) is 10.3. The van der Waals surface area contributed by atoms with Crippen molar-refractivity contribution in [1.29, 1.82) is 0 Å². The molecular weight excluding hydrogens is 381 g/mol. The van der Waals surface area contributed by atoms with Gasteiger partial charge in [-0.2, -0.15) is 0 Å². The van der Waals surface area contributed by atoms with E-state index in [-0.39, 0.29) is 10.6 Å². The van der Waals surface area contributed by atoms with E-state index in [1.54, 1.807) is 24.3 Å². The van der Waals surface area contributed by atoms with Crippen molar-refractivity contribution in [2.24, 2.45) is 0 Å². The molecule has 0 radical (unpaired) electrons. The Balaban J connectivity index is 2.40. The van der Waals surface area contributed by atoms with Crippen LogP contribution in [0.5, 0.6) is 0 Å². The number of pyridine rings is 1. The van der Waals surface area contributed by atoms with E-state index in [0.717, 1.165) is 0 Å². The standard InChI is InChI=1S/C14H6BrCl2NO3/c15-11-4-3-10(21-11)9-5-6(14(19)20)12-7(16)1-2-8(17)13(12)18-9/h1-5H,(H,19,20). The first-order chi connectivity index (χ1) is 9.97. The largest absolute Gasteiger partial charge is 0.478 e. The number of benzene rings is 1. The molecule has 0 saturated heterocycles. The molecule has 0 aliphatic rings. The van der Waals surface area contributed by atoms with Crippen molar-refractivity contribution in [3.05, 3.63) is 50.6 Å². The summed E-state index contributed by atoms with van der Waals surface area (Å²) in [6.07, 6.45) is 0. The van der Waals surface area contributed by atoms with Crippen molar-refractivity contribution in [2.45, 2.75) is 0 Å². The molecule has 3 rings (SSSR count). The first kappa shape index (κ1) is 14.4. The lowest BCUT2D eigenvalue weighted by atomic mass is 10.1. The topological polar surface area (TPSA) is 63.3 Å². The average Bonchev–Trinajstić information content (AvgIpc) is 2.88. The van der Waals surface area contributed by atoms with E-state index in [4.69, 9.17) is 27.6 Å². The van der Waals surface area contributed by atoms with Crippen LogP contribution in [0.15, 0.2) is 39.4 Å². The molecule has 0 saturated carbocycles. The Morgan fingerprint density at radius 3 is 2.52 bits per heavy atom. The van der Waals surface area contributed by atoms with Crippen LogP contribution in [0.1, 0.15) is 10.4 Å². The summed E-state index contributed by atoms with van der Waals surface area (Å²) in [7, 11) is 0. The van der Waals surface area contributed by atoms with Gasteiger partial charge in [0.1, 0.15) is 5.69 Å². The van der Waals surface area contributed by atoms with E-state index in [0.29, 0.717) is 32.0 Å². The number of hydrogen-bond acceptors (Lipinski definition) is 3. The van der Waals surface area contributed by atoms with Gasteiger partial charge in [-0.15, -0.1) is 0 Å². The lowest BCUT2D eigenvalue weighted by Crippen LogP contribution is -2.01. The second-order valence-electron chi connectivity index (χ2n) is 4.22. The number of rotatable bonds is 2. The van der Waals surface area contributed by atoms with Gasteiger partial charge in [-0.25, -0.2) is 9.78 Å². The van der Waals surface area contributed by atoms with Gasteiger partial charge in [0.2, 0.25) is 0 Å². The molecule has 0 aliphatic heterocycles. The molecule has 0 bridgehead atoms. The average molecular weight is 387 g/mol. The maximum absolute atomic E-state index is 11.5. The third-order valence-electron chi connectivity index (χ3n) is 2.92. The highest BCUT2D eigenvalue weighted by Gasteiger charge is 2.18. The highest BCUT2D eigenvalue weighted by Crippen LogP contribution is 2.34. The number of fused-ring (bicyclic) bond motifs is 1. The van der Waals surface area contributed by atoms with Gasteiger partial charge >= 0.3 is 5.97 Å². The summed E-state index contributed by atoms with van der Waals surface area (Å²) < 4.78 is 5.93. The molecule has 0 spiro atoms. The fourth-order valence-electron chi connectivity index (χ4n) is 2.02. The summed E-state index contributed by atoms with van der Waals surface area (Å²) >= 11 is 15.4. The Labute approximate surface area is 137 Å². The zero-order valence-corrected chi connectivity index (χ0v) is 13.3. The predicted molar refractivity (Wildman–Crippen MR) is 84.1 cm³/mol. The molecule has 0 atom stereocenters. The minimum atomic E-state index is -1.11. The minimum absolute atomic E-state index is 0.0232. The van der Waals surface area contributed by atoms with Gasteiger partial charge in [0, 0.05) is 5.39 Å². The fourth-order valence-corrected chi connectivity index (χ4v) is 2.78. The molecule has 2 aromatic heterocycles. The Bertz CT molecular complexity index is 876. The Morgan fingerprint density at radius 2 is 1.90 bits per heavy atom. The lowest BCUT2D eigenvalue weighted by molar-refractivity contribution is 0.0699. The molecule has 106 valence electrons. The molecule has 3 aromatic rings. The first-order valence-electron chi connectivity index (χ1n) is 5.75. The van der Waals surface area contributed by atoms with Crippen molar-refractivity contribution in [1.82, 2.24) is 4.98 Å². The Kier molecular flexibility index (Phi) is 3.65. The van der Waals surface area contributed by atoms with E-state index in [2.05, 4.69) is 20.9 Å². The Morgan fingerprint density at radius 1 is 1.19 bits per heavy atom. The molecule has 7 heteroatoms. The second kappa shape index (κ2) is 5.33. The van der Waals surface area contributed by atoms with Gasteiger partial charge in [-0.3, -0.25) is 0 Å². The van der Waals surface area contributed by atoms with Crippen molar-refractivity contribution < 1.29 is 14.3 Å². The van der Waals surface area contributed by atoms with Crippen molar-refractivity contribution in [3.8, 4) is 11.5 Å². The van der Waals surface area contributed by atoms with E-state index in [9.17, 15) is 9.90 Å². The second-order valence-corrected chi connectivity index (χ2v) is 5.81. The van der Waals surface area contributed by atoms with Gasteiger partial charge in [0.25, 0.3) is 0 Å². The quantitative estimate of drug-likeness (QED) is 0.652. The van der Waals surface area contributed by atoms with E-state index in [1.807, 2.05) is 0 Å². The minimum Gasteiger partial charge on any atom is -0.478 e. The zero-order chi connectivity index (χ0) is 15.1. The molecule has 0 aliphatic carbocycles. The van der Waals surface area contributed by atoms with Gasteiger partial charge < -0.3 is 9.52 Å². The van der Waals surface area contributed by atoms with E-state index >= 15 is 0 Å². The normalized spacial score (nSPS) is 11.0. The number of aromatic nitrogens is 1. The van der Waals surface area contributed by atoms with Crippen LogP contribution in [0, 0.1) is 0 Å². The van der Waals surface area contributed by atoms with Gasteiger partial charge in [0.05, 0.1) is 21.1 Å². The summed E-state index contributed by atoms with van der Waals surface area (Å²) in [6.45, 7) is 0. The summed E-state index contributed by atoms with van der Waals surface area (Å²) in [6, 6.07) is 7.91. The third-order valence-corrected chi connectivity index (χ3v) is 3.96. The fraction of sp³-hybridized carbons (Fsp3) is 0. The van der Waals surface area contributed by atoms with Crippen molar-refractivity contribution in [3.63, 3.8) is 0 Å². The number of hydrogen-bond donors (Lipinski definition) is 1. The molecule has 2 heterocycles. The third kappa shape index (κ3) is 2.52. The number of carboxylic acid groups (broad SMARTS) is 1. The molecular formula is C14H6BrCl2NO3. The molecule has 0 fully saturated rings. The summed E-state index contributed by atoms with van der Waals surface area (Å²) in [5.74, 6) is -0.680. The SMILES string of the molecule is O=C(O)c1cc(-c2ccc(Br)o2)nc2c(Cl)ccc(Cl)c12. The summed E-state index contributed by atoms with van der Waals surface area (Å²) in [5.41, 5.74) is 0.719. The lowest BCUT2D eigenvalue weighted by Gasteiger charge is -2.08. The maximum atomic E-state index is 11.5. The van der Waals surface area contributed by atoms with Gasteiger partial charge in [-0.1, -0.05) is 23.2 Å². The number of furan rings is 1. The number of carbonyl (C=O) groups is 1. The predicted octanol–water partition coefficient (Wildman–Crippen LogP) is 5.26. The highest BCUT2D eigenvalue weighted by molar-refractivity contribution is 9.10. The van der Waals surface area contributed by atoms with Crippen LogP contribution in [0.2, 0.25) is 10.0 Å². The van der Waals surface area contributed by atoms with Crippen LogP contribution in [-0.4, -0.2) is 16.1 Å². The smallest absolute Gasteiger partial charge is 0.336 e. The van der Waals surface area contributed by atoms with Crippen molar-refractivity contribution in [2.75, 3.05) is 0 Å². The van der Waals surface area contributed by atoms with E-state index in [1.165, 1.54) is 6.07 Å². The molecule has 1 aromatic carbocycles. The van der Waals surface area contributed by atoms with Crippen LogP contribution in [0.4, 0.5) is 0 Å². The number of halogens is 3. The van der Waals surface area contributed by atoms with Crippen molar-refractivity contribution >= 4 is 56.0 Å². The number of nitrogens with zero attached hydrogens (tertiary/aromatic N) is 1. The molecule has 0 amide bonds. The highest BCUT2D eigenvalue weighted by atomic mass is 79.9. The van der Waals surface area contributed by atoms with Crippen LogP contribution in [0.3, 0.4) is 0 Å². The first-order valence-corrected chi connectivity index (χ1v) is 7.30. The van der Waals surface area contributed by atoms with Crippen LogP contribution in [-0.2, 0) is 0 Å². The molecule has 21 heavy (non-hydrogen) atoms. The number of aromatic carboxylic acids is 1. The maximum Gasteiger partial charge on any atom is 0.336 e. The van der Waals surface area contributed by atoms with Gasteiger partial charge in [0.15, 0.2) is 10.4 Å². The van der Waals surface area contributed by atoms with E-state index < -0.39 is 5.97 Å². The zero-order valence-electron chi connectivity index (χ0n) is 10.2.